The lowest BCUT2D eigenvalue weighted by Crippen LogP contribution is -2.66. The van der Waals surface area contributed by atoms with Crippen LogP contribution in [0.2, 0.25) is 0 Å². The van der Waals surface area contributed by atoms with Crippen molar-refractivity contribution in [3.8, 4) is 0 Å². The first kappa shape index (κ1) is 67.8. The molecule has 26 heteroatoms. The number of ether oxygens (including phenoxy) is 2. The van der Waals surface area contributed by atoms with Gasteiger partial charge in [-0.15, -0.1) is 0 Å². The Hall–Kier alpha value is -1.22. The highest BCUT2D eigenvalue weighted by Crippen LogP contribution is 2.50. The summed E-state index contributed by atoms with van der Waals surface area (Å²) in [6.45, 7) is 2.59. The van der Waals surface area contributed by atoms with Gasteiger partial charge in [-0.25, -0.2) is 0 Å². The third kappa shape index (κ3) is 36.4. The Balaban J connectivity index is 2.89. The number of aliphatic hydroxyl groups is 2. The van der Waals surface area contributed by atoms with Crippen LogP contribution >= 0.6 is 31.3 Å². The minimum Gasteiger partial charge on any atom is -0.756 e. The van der Waals surface area contributed by atoms with Gasteiger partial charge in [-0.2, -0.15) is 0 Å². The Labute approximate surface area is 420 Å². The number of unbranched alkanes of at least 4 members (excludes halogenated alkanes) is 22. The van der Waals surface area contributed by atoms with Crippen molar-refractivity contribution in [1.29, 1.82) is 0 Å². The minimum atomic E-state index is -6.09. The molecule has 0 amide bonds. The van der Waals surface area contributed by atoms with E-state index in [4.69, 9.17) is 18.5 Å². The molecule has 71 heavy (non-hydrogen) atoms. The van der Waals surface area contributed by atoms with Crippen molar-refractivity contribution < 1.29 is 104 Å². The Kier molecular flexibility index (Phi) is 36.6. The third-order valence-electron chi connectivity index (χ3n) is 11.4. The average molecular weight is 1100 g/mol. The summed E-state index contributed by atoms with van der Waals surface area (Å²) in [7, 11) is -24.2. The van der Waals surface area contributed by atoms with Crippen LogP contribution in [0, 0.1) is 0 Å². The van der Waals surface area contributed by atoms with E-state index in [-0.39, 0.29) is 12.8 Å². The second-order valence-corrected chi connectivity index (χ2v) is 22.7. The summed E-state index contributed by atoms with van der Waals surface area (Å²) in [5.74, 6) is -1.48. The molecule has 22 nitrogen and oxygen atoms in total. The number of esters is 2. The molecule has 0 spiro atoms. The van der Waals surface area contributed by atoms with Crippen LogP contribution in [-0.4, -0.2) is 92.8 Å². The van der Waals surface area contributed by atoms with Gasteiger partial charge in [0.05, 0.1) is 6.61 Å². The third-order valence-corrected chi connectivity index (χ3v) is 13.9. The fourth-order valence-corrected chi connectivity index (χ4v) is 10.4. The van der Waals surface area contributed by atoms with Gasteiger partial charge in [-0.05, 0) is 64.2 Å². The van der Waals surface area contributed by atoms with Gasteiger partial charge in [0.25, 0.3) is 31.3 Å². The Morgan fingerprint density at radius 2 is 0.803 bits per heavy atom. The minimum absolute atomic E-state index is 0.00125. The van der Waals surface area contributed by atoms with Crippen LogP contribution in [-0.2, 0) is 59.9 Å². The van der Waals surface area contributed by atoms with Crippen LogP contribution in [0.5, 0.6) is 0 Å². The van der Waals surface area contributed by atoms with E-state index in [1.807, 2.05) is 0 Å². The summed E-state index contributed by atoms with van der Waals surface area (Å²) >= 11 is 0. The zero-order valence-corrected chi connectivity index (χ0v) is 45.1. The number of phosphoric ester groups is 4. The molecule has 1 fully saturated rings. The summed E-state index contributed by atoms with van der Waals surface area (Å²) in [5.41, 5.74) is 0. The van der Waals surface area contributed by atoms with Gasteiger partial charge in [0.15, 0.2) is 6.10 Å². The quantitative estimate of drug-likeness (QED) is 0.0184. The second-order valence-electron chi connectivity index (χ2n) is 17.9. The molecule has 0 heterocycles. The first-order valence-corrected chi connectivity index (χ1v) is 31.2. The van der Waals surface area contributed by atoms with E-state index in [0.717, 1.165) is 70.6 Å². The lowest BCUT2D eigenvalue weighted by Gasteiger charge is -2.49. The van der Waals surface area contributed by atoms with E-state index < -0.39 is 99.2 Å². The molecule has 0 aliphatic heterocycles. The average Bonchev–Trinajstić information content (AvgIpc) is 3.27. The second kappa shape index (κ2) is 38.3. The largest absolute Gasteiger partial charge is 0.756 e. The highest BCUT2D eigenvalue weighted by atomic mass is 31.2. The zero-order chi connectivity index (χ0) is 53.2. The highest BCUT2D eigenvalue weighted by Gasteiger charge is 2.56. The fourth-order valence-electron chi connectivity index (χ4n) is 7.76. The molecule has 0 aromatic rings. The van der Waals surface area contributed by atoms with Crippen molar-refractivity contribution in [2.45, 2.75) is 236 Å². The van der Waals surface area contributed by atoms with E-state index in [9.17, 15) is 72.3 Å². The SMILES string of the molecule is CCCCCCCC/C=C\CCCCCCCC(=O)OC[C@H](COP(=O)([O-])OC1[C@H](O)[C@H](OP(=O)([O-])O)C(OP(=O)([O-])O)[C@H](OP(=O)([O-])O)[C@H]1O)OC(=O)CCCCCCC/C=C\CCCCCCCC. The molecule has 1 aliphatic rings. The van der Waals surface area contributed by atoms with E-state index in [0.29, 0.717) is 19.3 Å². The lowest BCUT2D eigenvalue weighted by molar-refractivity contribution is -0.286. The number of hydrogen-bond donors (Lipinski definition) is 5. The summed E-state index contributed by atoms with van der Waals surface area (Å²) in [6.07, 6.45) is 16.8. The van der Waals surface area contributed by atoms with Gasteiger partial charge in [0, 0.05) is 12.8 Å². The van der Waals surface area contributed by atoms with Crippen molar-refractivity contribution in [3.63, 3.8) is 0 Å². The van der Waals surface area contributed by atoms with Gasteiger partial charge >= 0.3 is 11.9 Å². The van der Waals surface area contributed by atoms with Crippen molar-refractivity contribution >= 4 is 43.2 Å². The van der Waals surface area contributed by atoms with Gasteiger partial charge < -0.3 is 76.6 Å². The summed E-state index contributed by atoms with van der Waals surface area (Å²) in [6, 6.07) is 0. The molecule has 0 bridgehead atoms. The predicted octanol–water partition coefficient (Wildman–Crippen LogP) is 6.66. The Bertz CT molecular complexity index is 1650. The summed E-state index contributed by atoms with van der Waals surface area (Å²) in [5, 5.41) is 21.7. The number of aliphatic hydroxyl groups excluding tert-OH is 2. The number of allylic oxidation sites excluding steroid dienone is 4. The molecule has 1 saturated carbocycles. The van der Waals surface area contributed by atoms with E-state index in [2.05, 4.69) is 51.7 Å². The maximum Gasteiger partial charge on any atom is 0.306 e. The smallest absolute Gasteiger partial charge is 0.306 e. The molecule has 418 valence electrons. The number of carbonyl (C=O) groups excluding carboxylic acids is 2. The normalized spacial score (nSPS) is 23.5. The summed E-state index contributed by atoms with van der Waals surface area (Å²) < 4.78 is 80.7. The van der Waals surface area contributed by atoms with Crippen LogP contribution in [0.25, 0.3) is 0 Å². The topological polar surface area (TPSA) is 360 Å². The summed E-state index contributed by atoms with van der Waals surface area (Å²) in [4.78, 5) is 101. The van der Waals surface area contributed by atoms with Gasteiger partial charge in [-0.3, -0.25) is 27.8 Å². The first-order chi connectivity index (χ1) is 33.5. The molecule has 5 N–H and O–H groups in total. The van der Waals surface area contributed by atoms with Gasteiger partial charge in [0.1, 0.15) is 43.2 Å². The number of phosphoric acid groups is 4. The Morgan fingerprint density at radius 1 is 0.465 bits per heavy atom. The van der Waals surface area contributed by atoms with Crippen molar-refractivity contribution in [2.24, 2.45) is 0 Å². The van der Waals surface area contributed by atoms with Crippen molar-refractivity contribution in [1.82, 2.24) is 0 Å². The van der Waals surface area contributed by atoms with Crippen LogP contribution in [0.1, 0.15) is 194 Å². The fraction of sp³-hybridized carbons (Fsp3) is 0.867. The van der Waals surface area contributed by atoms with Gasteiger partial charge in [-0.1, -0.05) is 141 Å². The molecule has 1 aliphatic carbocycles. The molecule has 11 atom stereocenters. The molecule has 0 aromatic carbocycles. The first-order valence-electron chi connectivity index (χ1n) is 25.3. The highest BCUT2D eigenvalue weighted by molar-refractivity contribution is 7.46. The molecular weight excluding hydrogens is 1020 g/mol. The van der Waals surface area contributed by atoms with Crippen LogP contribution in [0.4, 0.5) is 0 Å². The maximum atomic E-state index is 13.1. The standard InChI is InChI=1S/C45H86O22P4/c1-3-5-7-9-11-13-15-17-19-21-23-25-27-29-31-33-38(46)61-35-37(63-39(47)34-32-30-28-26-24-22-20-18-16-14-12-10-8-6-4-2)36-62-71(59,60)67-42-40(48)43(64-68(50,51)52)45(66-70(56,57)58)44(41(42)49)65-69(53,54)55/h17-20,37,40-45,48-49H,3-16,21-36H2,1-2H3,(H,59,60)(H2,50,51,52)(H2,53,54,55)(H2,56,57,58)/p-4/b19-17-,20-18-/t37-,40+,41+,42?,43-,44+,45?/m1/s1. The number of hydrogen-bond acceptors (Lipinski definition) is 19. The van der Waals surface area contributed by atoms with Crippen LogP contribution in [0.15, 0.2) is 24.3 Å². The number of rotatable bonds is 44. The molecule has 0 saturated heterocycles. The van der Waals surface area contributed by atoms with Gasteiger partial charge in [0.2, 0.25) is 0 Å². The molecule has 1 rings (SSSR count). The monoisotopic (exact) mass is 1100 g/mol. The predicted molar refractivity (Wildman–Crippen MR) is 254 cm³/mol. The van der Waals surface area contributed by atoms with E-state index in [1.54, 1.807) is 0 Å². The van der Waals surface area contributed by atoms with Crippen molar-refractivity contribution in [3.05, 3.63) is 24.3 Å². The molecule has 6 unspecified atom stereocenters. The maximum absolute atomic E-state index is 13.1. The molecule has 0 aromatic heterocycles. The van der Waals surface area contributed by atoms with E-state index >= 15 is 0 Å². The Morgan fingerprint density at radius 3 is 1.18 bits per heavy atom. The zero-order valence-electron chi connectivity index (χ0n) is 41.5. The number of carbonyl (C=O) groups is 2. The lowest BCUT2D eigenvalue weighted by atomic mass is 9.85. The van der Waals surface area contributed by atoms with Crippen LogP contribution in [0.3, 0.4) is 0 Å². The van der Waals surface area contributed by atoms with Crippen molar-refractivity contribution in [2.75, 3.05) is 13.2 Å². The molecule has 0 radical (unpaired) electrons. The van der Waals surface area contributed by atoms with Crippen LogP contribution < -0.4 is 19.6 Å². The van der Waals surface area contributed by atoms with E-state index in [1.165, 1.54) is 77.0 Å². The molecular formula is C45H82O22P4-4.